The Morgan fingerprint density at radius 1 is 0.491 bits per heavy atom. The largest absolute Gasteiger partial charge is 0.457 e. The molecule has 10 aromatic rings. The van der Waals surface area contributed by atoms with Crippen molar-refractivity contribution < 1.29 is 4.74 Å². The predicted molar refractivity (Wildman–Crippen MR) is 220 cm³/mol. The second-order valence-corrected chi connectivity index (χ2v) is 18.7. The van der Waals surface area contributed by atoms with E-state index in [-0.39, 0.29) is 0 Å². The van der Waals surface area contributed by atoms with Crippen LogP contribution in [-0.4, -0.2) is 27.0 Å². The van der Waals surface area contributed by atoms with Gasteiger partial charge in [0, 0.05) is 63.3 Å². The van der Waals surface area contributed by atoms with Gasteiger partial charge in [0.15, 0.2) is 0 Å². The minimum absolute atomic E-state index is 0.749. The number of benzene rings is 6. The topological polar surface area (TPSA) is 47.6 Å². The van der Waals surface area contributed by atoms with Crippen molar-refractivity contribution in [1.29, 1.82) is 0 Å². The van der Waals surface area contributed by atoms with Gasteiger partial charge in [0.25, 0.3) is 0 Å². The van der Waals surface area contributed by atoms with Crippen LogP contribution in [0.1, 0.15) is 0 Å². The fraction of sp³-hybridized carbons (Fsp3) is 0.0435. The molecule has 0 saturated heterocycles. The molecule has 0 atom stereocenters. The van der Waals surface area contributed by atoms with Crippen molar-refractivity contribution in [2.24, 2.45) is 0 Å². The molecule has 0 N–H and O–H groups in total. The number of para-hydroxylation sites is 3. The first-order valence-corrected chi connectivity index (χ1v) is 21.0. The summed E-state index contributed by atoms with van der Waals surface area (Å²) < 4.78 is 11.1. The molecular weight excluding hydrogens is 667 g/mol. The third-order valence-electron chi connectivity index (χ3n) is 11.0. The Kier molecular flexibility index (Phi) is 6.30. The van der Waals surface area contributed by atoms with Crippen LogP contribution >= 0.6 is 0 Å². The average molecular weight is 700 g/mol. The Bertz CT molecular complexity index is 3090. The quantitative estimate of drug-likeness (QED) is 0.136. The minimum atomic E-state index is -2.08. The van der Waals surface area contributed by atoms with Crippen molar-refractivity contribution >= 4 is 84.8 Å². The second kappa shape index (κ2) is 11.1. The van der Waals surface area contributed by atoms with Crippen LogP contribution in [0.2, 0.25) is 13.1 Å². The fourth-order valence-electron chi connectivity index (χ4n) is 8.59. The smallest absolute Gasteiger partial charge is 0.145 e. The maximum atomic E-state index is 6.65. The summed E-state index contributed by atoms with van der Waals surface area (Å²) in [5.74, 6) is 1.51. The maximum Gasteiger partial charge on any atom is 0.145 e. The lowest BCUT2D eigenvalue weighted by Gasteiger charge is -2.41. The highest BCUT2D eigenvalue weighted by Crippen LogP contribution is 2.42. The number of anilines is 3. The number of imidazole rings is 1. The standard InChI is InChI=1S/C46H33N5OSi/c1-53(2)43-20-9-8-19-40(43)50(30-12-4-3-5-13-30)42-29-41-37(28-44(42)53)36-17-11-23-47-46(36)51(41)31-14-10-15-32(26-31)52-33-21-22-34-35-16-6-7-18-39(35)49-25-24-48-45(49)38(34)27-33/h3-29H,1-2H3. The van der Waals surface area contributed by atoms with Crippen LogP contribution in [0.15, 0.2) is 164 Å². The Morgan fingerprint density at radius 3 is 2.19 bits per heavy atom. The van der Waals surface area contributed by atoms with E-state index in [0.29, 0.717) is 0 Å². The molecule has 11 rings (SSSR count). The molecule has 6 aromatic carbocycles. The van der Waals surface area contributed by atoms with Crippen molar-refractivity contribution in [2.75, 3.05) is 4.90 Å². The molecule has 1 aliphatic heterocycles. The molecule has 0 fully saturated rings. The van der Waals surface area contributed by atoms with E-state index in [1.165, 1.54) is 32.5 Å². The van der Waals surface area contributed by atoms with E-state index in [1.54, 1.807) is 0 Å². The van der Waals surface area contributed by atoms with Gasteiger partial charge >= 0.3 is 0 Å². The lowest BCUT2D eigenvalue weighted by atomic mass is 10.1. The molecule has 1 aliphatic rings. The molecule has 252 valence electrons. The number of hydrogen-bond acceptors (Lipinski definition) is 4. The summed E-state index contributed by atoms with van der Waals surface area (Å²) in [5, 5.41) is 8.59. The first-order chi connectivity index (χ1) is 26.0. The molecule has 0 amide bonds. The van der Waals surface area contributed by atoms with Crippen molar-refractivity contribution in [3.05, 3.63) is 164 Å². The van der Waals surface area contributed by atoms with E-state index < -0.39 is 8.07 Å². The number of pyridine rings is 2. The normalized spacial score (nSPS) is 13.6. The minimum Gasteiger partial charge on any atom is -0.457 e. The highest BCUT2D eigenvalue weighted by Gasteiger charge is 2.39. The lowest BCUT2D eigenvalue weighted by Crippen LogP contribution is -2.58. The molecule has 0 bridgehead atoms. The van der Waals surface area contributed by atoms with Gasteiger partial charge in [-0.25, -0.2) is 9.97 Å². The maximum absolute atomic E-state index is 6.65. The fourth-order valence-corrected chi connectivity index (χ4v) is 11.6. The van der Waals surface area contributed by atoms with Crippen molar-refractivity contribution in [3.63, 3.8) is 0 Å². The first kappa shape index (κ1) is 30.0. The van der Waals surface area contributed by atoms with Crippen molar-refractivity contribution in [2.45, 2.75) is 13.1 Å². The van der Waals surface area contributed by atoms with Gasteiger partial charge in [-0.15, -0.1) is 0 Å². The number of hydrogen-bond donors (Lipinski definition) is 0. The van der Waals surface area contributed by atoms with Crippen molar-refractivity contribution in [1.82, 2.24) is 18.9 Å². The van der Waals surface area contributed by atoms with Crippen molar-refractivity contribution in [3.8, 4) is 17.2 Å². The molecule has 0 spiro atoms. The van der Waals surface area contributed by atoms with Gasteiger partial charge in [0.2, 0.25) is 0 Å². The summed E-state index contributed by atoms with van der Waals surface area (Å²) in [4.78, 5) is 12.1. The highest BCUT2D eigenvalue weighted by atomic mass is 28.3. The van der Waals surface area contributed by atoms with Crippen LogP contribution in [0.5, 0.6) is 11.5 Å². The zero-order chi connectivity index (χ0) is 35.3. The number of fused-ring (bicyclic) bond motifs is 11. The summed E-state index contributed by atoms with van der Waals surface area (Å²) in [6.45, 7) is 4.95. The highest BCUT2D eigenvalue weighted by molar-refractivity contribution is 7.02. The van der Waals surface area contributed by atoms with Gasteiger partial charge < -0.3 is 9.64 Å². The van der Waals surface area contributed by atoms with Crippen LogP contribution in [-0.2, 0) is 0 Å². The van der Waals surface area contributed by atoms with E-state index in [1.807, 2.05) is 30.7 Å². The SMILES string of the molecule is C[Si]1(C)c2ccccc2N(c2ccccc2)c2cc3c(cc21)c1cccnc1n3-c1cccc(Oc2ccc3c4ccccc4n4ccnc4c3c2)c1. The van der Waals surface area contributed by atoms with Gasteiger partial charge in [0.1, 0.15) is 30.9 Å². The number of ether oxygens (including phenoxy) is 1. The Hall–Kier alpha value is -6.70. The van der Waals surface area contributed by atoms with Gasteiger partial charge in [-0.1, -0.05) is 79.8 Å². The first-order valence-electron chi connectivity index (χ1n) is 18.0. The van der Waals surface area contributed by atoms with Crippen LogP contribution < -0.4 is 20.0 Å². The third-order valence-corrected chi connectivity index (χ3v) is 14.5. The summed E-state index contributed by atoms with van der Waals surface area (Å²) >= 11 is 0. The molecule has 4 aromatic heterocycles. The van der Waals surface area contributed by atoms with Crippen LogP contribution in [0, 0.1) is 0 Å². The summed E-state index contributed by atoms with van der Waals surface area (Å²) in [5.41, 5.74) is 8.70. The summed E-state index contributed by atoms with van der Waals surface area (Å²) in [6, 6.07) is 51.9. The van der Waals surface area contributed by atoms with E-state index in [4.69, 9.17) is 14.7 Å². The summed E-state index contributed by atoms with van der Waals surface area (Å²) in [6.07, 6.45) is 5.76. The summed E-state index contributed by atoms with van der Waals surface area (Å²) in [7, 11) is -2.08. The molecular formula is C46H33N5OSi. The van der Waals surface area contributed by atoms with Crippen LogP contribution in [0.25, 0.3) is 54.9 Å². The molecule has 0 aliphatic carbocycles. The van der Waals surface area contributed by atoms with Crippen LogP contribution in [0.4, 0.5) is 17.1 Å². The van der Waals surface area contributed by atoms with Gasteiger partial charge in [0.05, 0.1) is 16.7 Å². The van der Waals surface area contributed by atoms with E-state index in [9.17, 15) is 0 Å². The molecule has 6 nitrogen and oxygen atoms in total. The second-order valence-electron chi connectivity index (χ2n) is 14.4. The Morgan fingerprint density at radius 2 is 1.26 bits per heavy atom. The van der Waals surface area contributed by atoms with Gasteiger partial charge in [-0.2, -0.15) is 0 Å². The molecule has 0 radical (unpaired) electrons. The third kappa shape index (κ3) is 4.38. The molecule has 0 saturated carbocycles. The number of rotatable bonds is 4. The number of aromatic nitrogens is 4. The lowest BCUT2D eigenvalue weighted by molar-refractivity contribution is 0.483. The Balaban J connectivity index is 1.08. The van der Waals surface area contributed by atoms with Crippen LogP contribution in [0.3, 0.4) is 0 Å². The predicted octanol–water partition coefficient (Wildman–Crippen LogP) is 10.5. The van der Waals surface area contributed by atoms with Gasteiger partial charge in [-0.3, -0.25) is 8.97 Å². The molecule has 5 heterocycles. The van der Waals surface area contributed by atoms with E-state index in [0.717, 1.165) is 61.4 Å². The molecule has 53 heavy (non-hydrogen) atoms. The zero-order valence-corrected chi connectivity index (χ0v) is 30.2. The molecule has 0 unspecified atom stereocenters. The van der Waals surface area contributed by atoms with Gasteiger partial charge in [-0.05, 0) is 88.6 Å². The van der Waals surface area contributed by atoms with E-state index >= 15 is 0 Å². The Labute approximate surface area is 306 Å². The van der Waals surface area contributed by atoms with E-state index in [2.05, 4.69) is 160 Å². The zero-order valence-electron chi connectivity index (χ0n) is 29.2. The number of nitrogens with zero attached hydrogens (tertiary/aromatic N) is 5. The average Bonchev–Trinajstić information content (AvgIpc) is 3.82. The molecule has 7 heteroatoms. The monoisotopic (exact) mass is 699 g/mol.